The first-order chi connectivity index (χ1) is 6.84. The average Bonchev–Trinajstić information content (AvgIpc) is 2.45. The van der Waals surface area contributed by atoms with Gasteiger partial charge in [0.05, 0.1) is 13.5 Å². The second-order valence-electron chi connectivity index (χ2n) is 2.90. The molecule has 1 rings (SSSR count). The monoisotopic (exact) mass is 227 g/mol. The molecule has 0 saturated heterocycles. The first-order valence-corrected chi connectivity index (χ1v) is 4.44. The highest BCUT2D eigenvalue weighted by atomic mass is 19.5. The van der Waals surface area contributed by atoms with E-state index in [2.05, 4.69) is 9.55 Å². The Bertz CT molecular complexity index is 267. The van der Waals surface area contributed by atoms with Crippen LogP contribution < -0.4 is 10.3 Å². The molecule has 3 nitrogen and oxygen atoms in total. The minimum atomic E-state index is -6.00. The number of imidazole rings is 1. The summed E-state index contributed by atoms with van der Waals surface area (Å²) in [6, 6.07) is 0. The van der Waals surface area contributed by atoms with Crippen LogP contribution in [0.1, 0.15) is 12.2 Å². The molecule has 0 aliphatic heterocycles. The van der Waals surface area contributed by atoms with E-state index in [1.54, 1.807) is 0 Å². The number of aromatic nitrogens is 2. The van der Waals surface area contributed by atoms with E-state index >= 15 is 0 Å². The maximum absolute atomic E-state index is 9.75. The third kappa shape index (κ3) is 9.26. The fourth-order valence-electron chi connectivity index (χ4n) is 0.955. The number of nitrogens with zero attached hydrogens (tertiary/aromatic N) is 1. The van der Waals surface area contributed by atoms with Gasteiger partial charge in [-0.05, 0) is 13.0 Å². The standard InChI is InChI=1S/C7H13N3.BF4/c1-10-6-5-9-7(10)3-2-4-8;2-1(3,4)5/h5-6H,2-4,8H2,1H3;/q;-1/p+1. The number of nitrogens with two attached hydrogens (primary N) is 1. The lowest BCUT2D eigenvalue weighted by Crippen LogP contribution is -2.30. The van der Waals surface area contributed by atoms with Crippen LogP contribution in [-0.4, -0.2) is 18.8 Å². The lowest BCUT2D eigenvalue weighted by atomic mass is 10.3. The number of nitrogens with one attached hydrogen (secondary N) is 1. The number of rotatable bonds is 3. The van der Waals surface area contributed by atoms with E-state index in [0.29, 0.717) is 0 Å². The van der Waals surface area contributed by atoms with Crippen LogP contribution >= 0.6 is 0 Å². The Hall–Kier alpha value is -1.05. The fourth-order valence-corrected chi connectivity index (χ4v) is 0.955. The van der Waals surface area contributed by atoms with Crippen molar-refractivity contribution in [3.63, 3.8) is 0 Å². The Labute approximate surface area is 85.4 Å². The molecule has 0 radical (unpaired) electrons. The Morgan fingerprint density at radius 2 is 1.93 bits per heavy atom. The van der Waals surface area contributed by atoms with Crippen LogP contribution in [-0.2, 0) is 13.5 Å². The molecule has 0 fully saturated rings. The zero-order chi connectivity index (χ0) is 11.9. The summed E-state index contributed by atoms with van der Waals surface area (Å²) in [6.45, 7) is 0.763. The maximum atomic E-state index is 9.75. The maximum Gasteiger partial charge on any atom is 0.673 e. The van der Waals surface area contributed by atoms with Crippen LogP contribution in [0, 0.1) is 0 Å². The summed E-state index contributed by atoms with van der Waals surface area (Å²) >= 11 is 0. The van der Waals surface area contributed by atoms with E-state index in [1.165, 1.54) is 5.82 Å². The van der Waals surface area contributed by atoms with E-state index in [1.807, 2.05) is 19.4 Å². The number of hydrogen-bond donors (Lipinski definition) is 2. The molecule has 1 heterocycles. The van der Waals surface area contributed by atoms with E-state index in [-0.39, 0.29) is 0 Å². The van der Waals surface area contributed by atoms with Crippen molar-refractivity contribution >= 4 is 7.25 Å². The molecule has 8 heteroatoms. The molecule has 1 aromatic heterocycles. The van der Waals surface area contributed by atoms with Gasteiger partial charge in [-0.25, -0.2) is 9.55 Å². The normalized spacial score (nSPS) is 10.8. The van der Waals surface area contributed by atoms with Crippen LogP contribution in [0.25, 0.3) is 0 Å². The number of halogens is 4. The summed E-state index contributed by atoms with van der Waals surface area (Å²) in [6.07, 6.45) is 6.03. The van der Waals surface area contributed by atoms with Crippen molar-refractivity contribution in [2.45, 2.75) is 12.8 Å². The van der Waals surface area contributed by atoms with Crippen molar-refractivity contribution in [3.05, 3.63) is 18.2 Å². The van der Waals surface area contributed by atoms with E-state index in [4.69, 9.17) is 5.73 Å². The van der Waals surface area contributed by atoms with Gasteiger partial charge in [0.2, 0.25) is 0 Å². The van der Waals surface area contributed by atoms with Crippen molar-refractivity contribution in [1.82, 2.24) is 4.98 Å². The number of hydrogen-bond acceptors (Lipinski definition) is 1. The fraction of sp³-hybridized carbons (Fsp3) is 0.571. The highest BCUT2D eigenvalue weighted by molar-refractivity contribution is 6.50. The van der Waals surface area contributed by atoms with Gasteiger partial charge in [0, 0.05) is 0 Å². The van der Waals surface area contributed by atoms with Gasteiger partial charge in [0.15, 0.2) is 0 Å². The molecule has 0 amide bonds. The first kappa shape index (κ1) is 14.0. The average molecular weight is 227 g/mol. The van der Waals surface area contributed by atoms with Gasteiger partial charge in [-0.15, -0.1) is 0 Å². The van der Waals surface area contributed by atoms with Crippen molar-refractivity contribution in [2.75, 3.05) is 6.54 Å². The van der Waals surface area contributed by atoms with Gasteiger partial charge in [-0.2, -0.15) is 0 Å². The number of H-pyrrole nitrogens is 1. The van der Waals surface area contributed by atoms with Gasteiger partial charge in [-0.1, -0.05) is 0 Å². The predicted octanol–water partition coefficient (Wildman–Crippen LogP) is 1.03. The SMILES string of the molecule is C[n+]1cc[nH]c1CCCN.F[B-](F)(F)F. The molecule has 0 atom stereocenters. The molecular weight excluding hydrogens is 213 g/mol. The summed E-state index contributed by atoms with van der Waals surface area (Å²) in [5.41, 5.74) is 5.37. The van der Waals surface area contributed by atoms with E-state index < -0.39 is 7.25 Å². The summed E-state index contributed by atoms with van der Waals surface area (Å²) < 4.78 is 41.1. The van der Waals surface area contributed by atoms with Crippen LogP contribution in [0.3, 0.4) is 0 Å². The number of aromatic amines is 1. The van der Waals surface area contributed by atoms with Gasteiger partial charge < -0.3 is 23.0 Å². The minimum absolute atomic E-state index is 0.763. The highest BCUT2D eigenvalue weighted by Crippen LogP contribution is 2.06. The largest absolute Gasteiger partial charge is 0.673 e. The molecule has 0 aromatic carbocycles. The molecule has 0 aliphatic carbocycles. The molecule has 0 bridgehead atoms. The van der Waals surface area contributed by atoms with Crippen LogP contribution in [0.2, 0.25) is 0 Å². The van der Waals surface area contributed by atoms with Crippen LogP contribution in [0.4, 0.5) is 17.3 Å². The molecule has 0 spiro atoms. The van der Waals surface area contributed by atoms with Crippen molar-refractivity contribution < 1.29 is 21.8 Å². The smallest absolute Gasteiger partial charge is 0.418 e. The molecule has 1 aromatic rings. The first-order valence-electron chi connectivity index (χ1n) is 4.44. The highest BCUT2D eigenvalue weighted by Gasteiger charge is 2.20. The van der Waals surface area contributed by atoms with Gasteiger partial charge >= 0.3 is 7.25 Å². The third-order valence-electron chi connectivity index (χ3n) is 1.59. The van der Waals surface area contributed by atoms with Crippen molar-refractivity contribution in [3.8, 4) is 0 Å². The lowest BCUT2D eigenvalue weighted by molar-refractivity contribution is -0.677. The van der Waals surface area contributed by atoms with Gasteiger partial charge in [-0.3, -0.25) is 0 Å². The molecule has 0 saturated carbocycles. The number of aryl methyl sites for hydroxylation is 2. The topological polar surface area (TPSA) is 45.7 Å². The summed E-state index contributed by atoms with van der Waals surface area (Å²) in [5.74, 6) is 1.24. The van der Waals surface area contributed by atoms with Crippen LogP contribution in [0.15, 0.2) is 12.4 Å². The van der Waals surface area contributed by atoms with Crippen molar-refractivity contribution in [1.29, 1.82) is 0 Å². The Kier molecular flexibility index (Phi) is 5.99. The molecular formula is C7H14BF4N3. The van der Waals surface area contributed by atoms with E-state index in [0.717, 1.165) is 19.4 Å². The van der Waals surface area contributed by atoms with E-state index in [9.17, 15) is 17.3 Å². The Morgan fingerprint density at radius 3 is 2.27 bits per heavy atom. The predicted molar refractivity (Wildman–Crippen MR) is 49.5 cm³/mol. The molecule has 0 unspecified atom stereocenters. The Balaban J connectivity index is 0.000000336. The zero-order valence-corrected chi connectivity index (χ0v) is 8.39. The minimum Gasteiger partial charge on any atom is -0.418 e. The van der Waals surface area contributed by atoms with Gasteiger partial charge in [0.1, 0.15) is 12.4 Å². The quantitative estimate of drug-likeness (QED) is 0.452. The summed E-state index contributed by atoms with van der Waals surface area (Å²) in [7, 11) is -3.97. The third-order valence-corrected chi connectivity index (χ3v) is 1.59. The zero-order valence-electron chi connectivity index (χ0n) is 8.39. The molecule has 88 valence electrons. The van der Waals surface area contributed by atoms with Crippen LogP contribution in [0.5, 0.6) is 0 Å². The Morgan fingerprint density at radius 1 is 1.40 bits per heavy atom. The molecule has 3 N–H and O–H groups in total. The second kappa shape index (κ2) is 6.44. The summed E-state index contributed by atoms with van der Waals surface area (Å²) in [4.78, 5) is 3.15. The second-order valence-corrected chi connectivity index (χ2v) is 2.90. The molecule has 15 heavy (non-hydrogen) atoms. The molecule has 0 aliphatic rings. The van der Waals surface area contributed by atoms with Gasteiger partial charge in [0.25, 0.3) is 5.82 Å². The summed E-state index contributed by atoms with van der Waals surface area (Å²) in [5, 5.41) is 0. The lowest BCUT2D eigenvalue weighted by Gasteiger charge is -1.94. The van der Waals surface area contributed by atoms with Crippen molar-refractivity contribution in [2.24, 2.45) is 12.8 Å².